The zero-order valence-electron chi connectivity index (χ0n) is 14.2. The SMILES string of the molecule is Cc1c(NC(=O)c2cc(CC3CCCCN3)on2)nc2ccccn12. The molecule has 1 atom stereocenters. The molecular formula is C18H21N5O2. The number of hydrogen-bond donors (Lipinski definition) is 2. The minimum atomic E-state index is -0.307. The van der Waals surface area contributed by atoms with E-state index in [-0.39, 0.29) is 11.6 Å². The molecule has 25 heavy (non-hydrogen) atoms. The Morgan fingerprint density at radius 2 is 2.36 bits per heavy atom. The van der Waals surface area contributed by atoms with Crippen LogP contribution in [0, 0.1) is 6.92 Å². The van der Waals surface area contributed by atoms with Gasteiger partial charge in [-0.3, -0.25) is 4.79 Å². The fraction of sp³-hybridized carbons (Fsp3) is 0.389. The van der Waals surface area contributed by atoms with Gasteiger partial charge in [0.25, 0.3) is 5.91 Å². The summed E-state index contributed by atoms with van der Waals surface area (Å²) in [5.41, 5.74) is 1.95. The lowest BCUT2D eigenvalue weighted by molar-refractivity contribution is 0.101. The summed E-state index contributed by atoms with van der Waals surface area (Å²) in [6.07, 6.45) is 6.25. The largest absolute Gasteiger partial charge is 0.361 e. The van der Waals surface area contributed by atoms with Crippen molar-refractivity contribution in [3.05, 3.63) is 47.6 Å². The summed E-state index contributed by atoms with van der Waals surface area (Å²) in [7, 11) is 0. The second kappa shape index (κ2) is 6.68. The van der Waals surface area contributed by atoms with Gasteiger partial charge in [0.05, 0.1) is 5.69 Å². The lowest BCUT2D eigenvalue weighted by atomic mass is 10.0. The molecule has 1 fully saturated rings. The van der Waals surface area contributed by atoms with Crippen molar-refractivity contribution >= 4 is 17.4 Å². The van der Waals surface area contributed by atoms with Crippen LogP contribution in [-0.4, -0.2) is 33.0 Å². The molecule has 2 N–H and O–H groups in total. The van der Waals surface area contributed by atoms with Crippen molar-refractivity contribution in [3.8, 4) is 0 Å². The quantitative estimate of drug-likeness (QED) is 0.763. The summed E-state index contributed by atoms with van der Waals surface area (Å²) in [4.78, 5) is 16.9. The van der Waals surface area contributed by atoms with Gasteiger partial charge >= 0.3 is 0 Å². The maximum absolute atomic E-state index is 12.5. The number of aryl methyl sites for hydroxylation is 1. The average Bonchev–Trinajstić information content (AvgIpc) is 3.22. The van der Waals surface area contributed by atoms with Crippen molar-refractivity contribution in [2.45, 2.75) is 38.6 Å². The van der Waals surface area contributed by atoms with Crippen LogP contribution in [0.4, 0.5) is 5.82 Å². The molecule has 0 spiro atoms. The number of imidazole rings is 1. The summed E-state index contributed by atoms with van der Waals surface area (Å²) in [5, 5.41) is 10.2. The van der Waals surface area contributed by atoms with Crippen LogP contribution in [0.25, 0.3) is 5.65 Å². The second-order valence-electron chi connectivity index (χ2n) is 6.46. The monoisotopic (exact) mass is 339 g/mol. The normalized spacial score (nSPS) is 17.7. The van der Waals surface area contributed by atoms with Crippen LogP contribution < -0.4 is 10.6 Å². The molecule has 0 saturated carbocycles. The average molecular weight is 339 g/mol. The zero-order valence-corrected chi connectivity index (χ0v) is 14.2. The number of fused-ring (bicyclic) bond motifs is 1. The Morgan fingerprint density at radius 1 is 1.44 bits per heavy atom. The van der Waals surface area contributed by atoms with Gasteiger partial charge in [-0.15, -0.1) is 0 Å². The van der Waals surface area contributed by atoms with Gasteiger partial charge in [0.1, 0.15) is 11.4 Å². The predicted octanol–water partition coefficient (Wildman–Crippen LogP) is 2.57. The Balaban J connectivity index is 1.46. The molecular weight excluding hydrogens is 318 g/mol. The Bertz CT molecular complexity index is 892. The van der Waals surface area contributed by atoms with E-state index in [9.17, 15) is 4.79 Å². The summed E-state index contributed by atoms with van der Waals surface area (Å²) in [6.45, 7) is 2.96. The number of carbonyl (C=O) groups is 1. The molecule has 0 aliphatic carbocycles. The number of nitrogens with one attached hydrogen (secondary N) is 2. The van der Waals surface area contributed by atoms with Crippen molar-refractivity contribution in [3.63, 3.8) is 0 Å². The number of hydrogen-bond acceptors (Lipinski definition) is 5. The van der Waals surface area contributed by atoms with Gasteiger partial charge in [-0.2, -0.15) is 0 Å². The fourth-order valence-electron chi connectivity index (χ4n) is 3.27. The summed E-state index contributed by atoms with van der Waals surface area (Å²) >= 11 is 0. The fourth-order valence-corrected chi connectivity index (χ4v) is 3.27. The molecule has 4 heterocycles. The number of pyridine rings is 1. The molecule has 3 aromatic rings. The van der Waals surface area contributed by atoms with Gasteiger partial charge < -0.3 is 19.6 Å². The van der Waals surface area contributed by atoms with E-state index >= 15 is 0 Å². The predicted molar refractivity (Wildman–Crippen MR) is 93.7 cm³/mol. The molecule has 7 heteroatoms. The van der Waals surface area contributed by atoms with Crippen LogP contribution in [-0.2, 0) is 6.42 Å². The molecule has 7 nitrogen and oxygen atoms in total. The number of aromatic nitrogens is 3. The first-order valence-electron chi connectivity index (χ1n) is 8.65. The van der Waals surface area contributed by atoms with E-state index in [0.29, 0.717) is 11.9 Å². The van der Waals surface area contributed by atoms with Crippen LogP contribution in [0.3, 0.4) is 0 Å². The third-order valence-electron chi connectivity index (χ3n) is 4.65. The Labute approximate surface area is 145 Å². The highest BCUT2D eigenvalue weighted by Gasteiger charge is 2.19. The molecule has 1 unspecified atom stereocenters. The van der Waals surface area contributed by atoms with E-state index < -0.39 is 0 Å². The van der Waals surface area contributed by atoms with Crippen LogP contribution in [0.2, 0.25) is 0 Å². The first kappa shape index (κ1) is 15.8. The van der Waals surface area contributed by atoms with Crippen LogP contribution in [0.15, 0.2) is 35.0 Å². The molecule has 0 radical (unpaired) electrons. The van der Waals surface area contributed by atoms with E-state index in [1.807, 2.05) is 35.7 Å². The van der Waals surface area contributed by atoms with Crippen molar-refractivity contribution in [2.24, 2.45) is 0 Å². The standard InChI is InChI=1S/C18H21N5O2/c1-12-17(20-16-7-3-5-9-23(12)16)21-18(24)15-11-14(25-22-15)10-13-6-2-4-8-19-13/h3,5,7,9,11,13,19H,2,4,6,8,10H2,1H3,(H,21,24). The molecule has 0 aromatic carbocycles. The molecule has 1 amide bonds. The number of amides is 1. The Morgan fingerprint density at radius 3 is 3.16 bits per heavy atom. The van der Waals surface area contributed by atoms with E-state index in [4.69, 9.17) is 4.52 Å². The maximum atomic E-state index is 12.5. The van der Waals surface area contributed by atoms with Crippen LogP contribution >= 0.6 is 0 Å². The topological polar surface area (TPSA) is 84.5 Å². The van der Waals surface area contributed by atoms with Crippen LogP contribution in [0.5, 0.6) is 0 Å². The van der Waals surface area contributed by atoms with Crippen LogP contribution in [0.1, 0.15) is 41.2 Å². The number of carbonyl (C=O) groups excluding carboxylic acids is 1. The van der Waals surface area contributed by atoms with Crippen molar-refractivity contribution in [1.82, 2.24) is 19.9 Å². The molecule has 1 aliphatic heterocycles. The number of piperidine rings is 1. The highest BCUT2D eigenvalue weighted by atomic mass is 16.5. The van der Waals surface area contributed by atoms with Gasteiger partial charge in [-0.25, -0.2) is 4.98 Å². The van der Waals surface area contributed by atoms with Gasteiger partial charge in [0, 0.05) is 24.7 Å². The van der Waals surface area contributed by atoms with E-state index in [1.54, 1.807) is 6.07 Å². The summed E-state index contributed by atoms with van der Waals surface area (Å²) in [6, 6.07) is 7.86. The number of nitrogens with zero attached hydrogens (tertiary/aromatic N) is 3. The summed E-state index contributed by atoms with van der Waals surface area (Å²) < 4.78 is 7.27. The number of rotatable bonds is 4. The first-order chi connectivity index (χ1) is 12.2. The van der Waals surface area contributed by atoms with E-state index in [0.717, 1.165) is 36.5 Å². The summed E-state index contributed by atoms with van der Waals surface area (Å²) in [5.74, 6) is 0.962. The minimum absolute atomic E-state index is 0.280. The smallest absolute Gasteiger partial charge is 0.279 e. The Kier molecular flexibility index (Phi) is 4.23. The molecule has 0 bridgehead atoms. The van der Waals surface area contributed by atoms with Gasteiger partial charge in [0.2, 0.25) is 0 Å². The third-order valence-corrected chi connectivity index (χ3v) is 4.65. The molecule has 3 aromatic heterocycles. The van der Waals surface area contributed by atoms with Gasteiger partial charge in [0.15, 0.2) is 11.5 Å². The first-order valence-corrected chi connectivity index (χ1v) is 8.65. The molecule has 130 valence electrons. The lowest BCUT2D eigenvalue weighted by Gasteiger charge is -2.21. The van der Waals surface area contributed by atoms with E-state index in [2.05, 4.69) is 20.8 Å². The zero-order chi connectivity index (χ0) is 17.2. The number of anilines is 1. The Hall–Kier alpha value is -2.67. The van der Waals surface area contributed by atoms with Crippen molar-refractivity contribution in [1.29, 1.82) is 0 Å². The molecule has 4 rings (SSSR count). The minimum Gasteiger partial charge on any atom is -0.361 e. The third kappa shape index (κ3) is 3.28. The molecule has 1 saturated heterocycles. The highest BCUT2D eigenvalue weighted by Crippen LogP contribution is 2.18. The second-order valence-corrected chi connectivity index (χ2v) is 6.46. The van der Waals surface area contributed by atoms with Gasteiger partial charge in [-0.05, 0) is 38.4 Å². The highest BCUT2D eigenvalue weighted by molar-refractivity contribution is 6.02. The van der Waals surface area contributed by atoms with E-state index in [1.165, 1.54) is 12.8 Å². The lowest BCUT2D eigenvalue weighted by Crippen LogP contribution is -2.35. The van der Waals surface area contributed by atoms with Crippen molar-refractivity contribution in [2.75, 3.05) is 11.9 Å². The molecule has 1 aliphatic rings. The van der Waals surface area contributed by atoms with Gasteiger partial charge in [-0.1, -0.05) is 17.6 Å². The maximum Gasteiger partial charge on any atom is 0.279 e. The van der Waals surface area contributed by atoms with Crippen molar-refractivity contribution < 1.29 is 9.32 Å².